The van der Waals surface area contributed by atoms with Crippen LogP contribution in [0.5, 0.6) is 11.5 Å². The van der Waals surface area contributed by atoms with Crippen molar-refractivity contribution in [2.75, 3.05) is 14.2 Å². The quantitative estimate of drug-likeness (QED) is 0.795. The third-order valence-corrected chi connectivity index (χ3v) is 5.41. The van der Waals surface area contributed by atoms with E-state index in [4.69, 9.17) is 9.47 Å². The Kier molecular flexibility index (Phi) is 5.32. The number of carbonyl (C=O) groups excluding carboxylic acids is 1. The van der Waals surface area contributed by atoms with Gasteiger partial charge in [-0.25, -0.2) is 0 Å². The number of methoxy groups -OCH3 is 2. The molecule has 2 aliphatic carbocycles. The Morgan fingerprint density at radius 3 is 2.12 bits per heavy atom. The van der Waals surface area contributed by atoms with E-state index in [0.29, 0.717) is 30.0 Å². The van der Waals surface area contributed by atoms with Gasteiger partial charge in [0.2, 0.25) is 5.91 Å². The Bertz CT molecular complexity index is 574. The number of ether oxygens (including phenoxy) is 2. The first kappa shape index (κ1) is 17.1. The molecule has 24 heavy (non-hydrogen) atoms. The van der Waals surface area contributed by atoms with Gasteiger partial charge in [-0.05, 0) is 62.1 Å². The van der Waals surface area contributed by atoms with E-state index in [1.54, 1.807) is 14.2 Å². The van der Waals surface area contributed by atoms with Gasteiger partial charge in [-0.2, -0.15) is 0 Å². The zero-order valence-corrected chi connectivity index (χ0v) is 15.1. The number of amides is 1. The van der Waals surface area contributed by atoms with Gasteiger partial charge in [0.25, 0.3) is 0 Å². The summed E-state index contributed by atoms with van der Waals surface area (Å²) in [5.74, 6) is 2.47. The van der Waals surface area contributed by atoms with Gasteiger partial charge in [-0.1, -0.05) is 13.0 Å². The normalized spacial score (nSPS) is 23.6. The van der Waals surface area contributed by atoms with Gasteiger partial charge in [-0.15, -0.1) is 0 Å². The van der Waals surface area contributed by atoms with Crippen molar-refractivity contribution >= 4 is 5.91 Å². The lowest BCUT2D eigenvalue weighted by Crippen LogP contribution is -2.44. The maximum atomic E-state index is 13.0. The number of carbonyl (C=O) groups is 1. The molecule has 3 rings (SSSR count). The van der Waals surface area contributed by atoms with E-state index in [0.717, 1.165) is 24.3 Å². The van der Waals surface area contributed by atoms with Gasteiger partial charge in [0.1, 0.15) is 0 Å². The fraction of sp³-hybridized carbons (Fsp3) is 0.650. The van der Waals surface area contributed by atoms with Crippen LogP contribution in [0, 0.1) is 5.92 Å². The first-order valence-electron chi connectivity index (χ1n) is 9.14. The van der Waals surface area contributed by atoms with Crippen molar-refractivity contribution < 1.29 is 14.3 Å². The van der Waals surface area contributed by atoms with Gasteiger partial charge in [-0.3, -0.25) is 4.79 Å². The molecule has 0 bridgehead atoms. The van der Waals surface area contributed by atoms with Crippen molar-refractivity contribution in [3.8, 4) is 11.5 Å². The average molecular weight is 331 g/mol. The van der Waals surface area contributed by atoms with Crippen molar-refractivity contribution in [1.82, 2.24) is 4.90 Å². The molecular formula is C20H29NO3. The van der Waals surface area contributed by atoms with Crippen molar-refractivity contribution in [2.45, 2.75) is 64.0 Å². The van der Waals surface area contributed by atoms with Crippen LogP contribution in [-0.2, 0) is 11.2 Å². The third kappa shape index (κ3) is 3.85. The van der Waals surface area contributed by atoms with Gasteiger partial charge >= 0.3 is 0 Å². The topological polar surface area (TPSA) is 38.8 Å². The van der Waals surface area contributed by atoms with Gasteiger partial charge in [0, 0.05) is 12.1 Å². The molecule has 4 heteroatoms. The predicted molar refractivity (Wildman–Crippen MR) is 94.5 cm³/mol. The number of nitrogens with zero attached hydrogens (tertiary/aromatic N) is 1. The summed E-state index contributed by atoms with van der Waals surface area (Å²) in [4.78, 5) is 15.2. The molecule has 0 atom stereocenters. The highest BCUT2D eigenvalue weighted by atomic mass is 16.5. The van der Waals surface area contributed by atoms with E-state index >= 15 is 0 Å². The van der Waals surface area contributed by atoms with Crippen molar-refractivity contribution in [1.29, 1.82) is 0 Å². The molecule has 1 amide bonds. The molecule has 0 spiro atoms. The second-order valence-electron chi connectivity index (χ2n) is 7.31. The molecule has 1 aromatic rings. The summed E-state index contributed by atoms with van der Waals surface area (Å²) in [5.41, 5.74) is 0.993. The minimum atomic E-state index is 0.268. The van der Waals surface area contributed by atoms with Crippen LogP contribution in [-0.4, -0.2) is 37.1 Å². The molecule has 0 unspecified atom stereocenters. The smallest absolute Gasteiger partial charge is 0.227 e. The summed E-state index contributed by atoms with van der Waals surface area (Å²) in [6, 6.07) is 6.70. The second kappa shape index (κ2) is 7.45. The van der Waals surface area contributed by atoms with Crippen LogP contribution in [0.1, 0.15) is 51.0 Å². The highest BCUT2D eigenvalue weighted by Gasteiger charge is 2.38. The number of rotatable bonds is 6. The van der Waals surface area contributed by atoms with Crippen molar-refractivity contribution in [3.05, 3.63) is 23.8 Å². The summed E-state index contributed by atoms with van der Waals surface area (Å²) in [7, 11) is 3.25. The third-order valence-electron chi connectivity index (χ3n) is 5.41. The lowest BCUT2D eigenvalue weighted by Gasteiger charge is -2.36. The number of benzene rings is 1. The molecule has 4 nitrogen and oxygen atoms in total. The number of hydrogen-bond acceptors (Lipinski definition) is 3. The largest absolute Gasteiger partial charge is 0.493 e. The average Bonchev–Trinajstić information content (AvgIpc) is 3.41. The lowest BCUT2D eigenvalue weighted by molar-refractivity contribution is -0.134. The molecule has 1 aromatic carbocycles. The summed E-state index contributed by atoms with van der Waals surface area (Å²) >= 11 is 0. The maximum Gasteiger partial charge on any atom is 0.227 e. The fourth-order valence-corrected chi connectivity index (χ4v) is 3.84. The molecule has 132 valence electrons. The maximum absolute atomic E-state index is 13.0. The molecule has 0 saturated heterocycles. The van der Waals surface area contributed by atoms with E-state index in [-0.39, 0.29) is 5.91 Å². The lowest BCUT2D eigenvalue weighted by atomic mass is 9.86. The van der Waals surface area contributed by atoms with Gasteiger partial charge < -0.3 is 14.4 Å². The number of hydrogen-bond donors (Lipinski definition) is 0. The summed E-state index contributed by atoms with van der Waals surface area (Å²) in [6.07, 6.45) is 7.61. The minimum Gasteiger partial charge on any atom is -0.493 e. The van der Waals surface area contributed by atoms with E-state index in [2.05, 4.69) is 11.8 Å². The van der Waals surface area contributed by atoms with Crippen LogP contribution in [0.2, 0.25) is 0 Å². The van der Waals surface area contributed by atoms with E-state index in [1.165, 1.54) is 25.7 Å². The zero-order chi connectivity index (χ0) is 17.1. The Balaban J connectivity index is 1.70. The fourth-order valence-electron chi connectivity index (χ4n) is 3.84. The summed E-state index contributed by atoms with van der Waals surface area (Å²) in [5, 5.41) is 0. The van der Waals surface area contributed by atoms with Crippen LogP contribution in [0.4, 0.5) is 0 Å². The molecule has 0 radical (unpaired) electrons. The van der Waals surface area contributed by atoms with E-state index in [9.17, 15) is 4.79 Å². The molecule has 2 saturated carbocycles. The van der Waals surface area contributed by atoms with Crippen LogP contribution in [0.25, 0.3) is 0 Å². The Labute approximate surface area is 145 Å². The van der Waals surface area contributed by atoms with E-state index < -0.39 is 0 Å². The zero-order valence-electron chi connectivity index (χ0n) is 15.1. The standard InChI is InChI=1S/C20H29NO3/c1-14-4-7-16(8-5-14)21(17-9-10-17)20(22)13-15-6-11-18(23-2)19(12-15)24-3/h6,11-12,14,16-17H,4-5,7-10,13H2,1-3H3. The highest BCUT2D eigenvalue weighted by Crippen LogP contribution is 2.36. The molecule has 2 aliphatic rings. The molecule has 0 N–H and O–H groups in total. The summed E-state index contributed by atoms with van der Waals surface area (Å²) in [6.45, 7) is 2.32. The Hall–Kier alpha value is -1.71. The first-order chi connectivity index (χ1) is 11.6. The van der Waals surface area contributed by atoms with Gasteiger partial charge in [0.15, 0.2) is 11.5 Å². The minimum absolute atomic E-state index is 0.268. The van der Waals surface area contributed by atoms with Crippen LogP contribution >= 0.6 is 0 Å². The molecule has 2 fully saturated rings. The van der Waals surface area contributed by atoms with Crippen LogP contribution < -0.4 is 9.47 Å². The second-order valence-corrected chi connectivity index (χ2v) is 7.31. The molecule has 0 heterocycles. The molecule has 0 aliphatic heterocycles. The molecular weight excluding hydrogens is 302 g/mol. The summed E-state index contributed by atoms with van der Waals surface area (Å²) < 4.78 is 10.6. The first-order valence-corrected chi connectivity index (χ1v) is 9.14. The highest BCUT2D eigenvalue weighted by molar-refractivity contribution is 5.80. The molecule has 0 aromatic heterocycles. The van der Waals surface area contributed by atoms with E-state index in [1.807, 2.05) is 18.2 Å². The van der Waals surface area contributed by atoms with Gasteiger partial charge in [0.05, 0.1) is 20.6 Å². The Morgan fingerprint density at radius 2 is 1.58 bits per heavy atom. The van der Waals surface area contributed by atoms with Crippen LogP contribution in [0.15, 0.2) is 18.2 Å². The van der Waals surface area contributed by atoms with Crippen molar-refractivity contribution in [2.24, 2.45) is 5.92 Å². The predicted octanol–water partition coefficient (Wildman–Crippen LogP) is 3.82. The Morgan fingerprint density at radius 1 is 1.00 bits per heavy atom. The monoisotopic (exact) mass is 331 g/mol. The van der Waals surface area contributed by atoms with Crippen LogP contribution in [0.3, 0.4) is 0 Å². The van der Waals surface area contributed by atoms with Crippen molar-refractivity contribution in [3.63, 3.8) is 0 Å². The SMILES string of the molecule is COc1ccc(CC(=O)N(C2CCC(C)CC2)C2CC2)cc1OC.